The molecular weight excluding hydrogens is 336 g/mol. The fourth-order valence-electron chi connectivity index (χ4n) is 2.22. The Morgan fingerprint density at radius 3 is 2.31 bits per heavy atom. The van der Waals surface area contributed by atoms with Crippen molar-refractivity contribution < 1.29 is 23.7 Å². The van der Waals surface area contributed by atoms with Crippen molar-refractivity contribution in [2.24, 2.45) is 5.10 Å². The lowest BCUT2D eigenvalue weighted by Crippen LogP contribution is -2.25. The molecule has 26 heavy (non-hydrogen) atoms. The van der Waals surface area contributed by atoms with Gasteiger partial charge in [0.05, 0.1) is 27.0 Å². The van der Waals surface area contributed by atoms with E-state index in [1.807, 2.05) is 6.07 Å². The average Bonchev–Trinajstić information content (AvgIpc) is 2.69. The number of hydrazone groups is 1. The number of carbonyl (C=O) groups is 1. The van der Waals surface area contributed by atoms with Gasteiger partial charge in [-0.25, -0.2) is 5.43 Å². The van der Waals surface area contributed by atoms with E-state index in [4.69, 9.17) is 18.9 Å². The van der Waals surface area contributed by atoms with Gasteiger partial charge < -0.3 is 18.9 Å². The maximum atomic E-state index is 12.0. The highest BCUT2D eigenvalue weighted by Gasteiger charge is 2.10. The Labute approximate surface area is 152 Å². The van der Waals surface area contributed by atoms with Crippen LogP contribution >= 0.6 is 0 Å². The molecule has 1 amide bonds. The molecule has 0 saturated heterocycles. The standard InChI is InChI=1S/C19H22N2O5/c1-13(15-11-14(23-2)9-10-16(15)24-3)20-21-19(22)12-26-18-8-6-5-7-17(18)25-4/h5-11H,12H2,1-4H3,(H,21,22)/b20-13-. The van der Waals surface area contributed by atoms with Gasteiger partial charge in [-0.2, -0.15) is 5.10 Å². The summed E-state index contributed by atoms with van der Waals surface area (Å²) in [5.41, 5.74) is 3.76. The molecule has 2 aromatic rings. The van der Waals surface area contributed by atoms with Gasteiger partial charge in [-0.15, -0.1) is 0 Å². The van der Waals surface area contributed by atoms with E-state index in [0.29, 0.717) is 28.7 Å². The Hall–Kier alpha value is -3.22. The van der Waals surface area contributed by atoms with Gasteiger partial charge in [-0.1, -0.05) is 12.1 Å². The van der Waals surface area contributed by atoms with E-state index in [0.717, 1.165) is 5.56 Å². The van der Waals surface area contributed by atoms with Gasteiger partial charge in [0.1, 0.15) is 11.5 Å². The third-order valence-corrected chi connectivity index (χ3v) is 3.57. The van der Waals surface area contributed by atoms with Gasteiger partial charge in [0.2, 0.25) is 0 Å². The lowest BCUT2D eigenvalue weighted by atomic mass is 10.1. The summed E-state index contributed by atoms with van der Waals surface area (Å²) in [6, 6.07) is 12.4. The number of rotatable bonds is 8. The van der Waals surface area contributed by atoms with Crippen LogP contribution in [0.2, 0.25) is 0 Å². The lowest BCUT2D eigenvalue weighted by Gasteiger charge is -2.11. The summed E-state index contributed by atoms with van der Waals surface area (Å²) in [7, 11) is 4.69. The van der Waals surface area contributed by atoms with Gasteiger partial charge in [-0.05, 0) is 37.3 Å². The molecule has 2 rings (SSSR count). The topological polar surface area (TPSA) is 78.4 Å². The summed E-state index contributed by atoms with van der Waals surface area (Å²) in [4.78, 5) is 12.0. The molecule has 1 N–H and O–H groups in total. The Morgan fingerprint density at radius 1 is 0.962 bits per heavy atom. The van der Waals surface area contributed by atoms with Crippen molar-refractivity contribution in [1.82, 2.24) is 5.43 Å². The van der Waals surface area contributed by atoms with Crippen LogP contribution in [-0.4, -0.2) is 39.6 Å². The number of para-hydroxylation sites is 2. The number of nitrogens with one attached hydrogen (secondary N) is 1. The zero-order chi connectivity index (χ0) is 18.9. The molecule has 0 spiro atoms. The Bertz CT molecular complexity index is 789. The van der Waals surface area contributed by atoms with Crippen LogP contribution in [0.3, 0.4) is 0 Å². The molecule has 0 aliphatic heterocycles. The summed E-state index contributed by atoms with van der Waals surface area (Å²) in [5, 5.41) is 4.10. The highest BCUT2D eigenvalue weighted by Crippen LogP contribution is 2.26. The first-order chi connectivity index (χ1) is 12.6. The van der Waals surface area contributed by atoms with Crippen molar-refractivity contribution in [3.8, 4) is 23.0 Å². The quantitative estimate of drug-likeness (QED) is 0.580. The monoisotopic (exact) mass is 358 g/mol. The zero-order valence-corrected chi connectivity index (χ0v) is 15.2. The van der Waals surface area contributed by atoms with Crippen LogP contribution in [0.4, 0.5) is 0 Å². The summed E-state index contributed by atoms with van der Waals surface area (Å²) < 4.78 is 21.2. The highest BCUT2D eigenvalue weighted by atomic mass is 16.5. The van der Waals surface area contributed by atoms with Crippen molar-refractivity contribution in [1.29, 1.82) is 0 Å². The van der Waals surface area contributed by atoms with E-state index in [9.17, 15) is 4.79 Å². The van der Waals surface area contributed by atoms with Gasteiger partial charge in [0.25, 0.3) is 5.91 Å². The van der Waals surface area contributed by atoms with Gasteiger partial charge >= 0.3 is 0 Å². The molecule has 0 fully saturated rings. The Kier molecular flexibility index (Phi) is 6.84. The van der Waals surface area contributed by atoms with Crippen LogP contribution < -0.4 is 24.4 Å². The predicted molar refractivity (Wildman–Crippen MR) is 98.4 cm³/mol. The second-order valence-electron chi connectivity index (χ2n) is 5.24. The third-order valence-electron chi connectivity index (χ3n) is 3.57. The van der Waals surface area contributed by atoms with E-state index in [2.05, 4.69) is 10.5 Å². The molecule has 0 aliphatic rings. The minimum absolute atomic E-state index is 0.188. The maximum Gasteiger partial charge on any atom is 0.277 e. The van der Waals surface area contributed by atoms with Crippen LogP contribution in [0.25, 0.3) is 0 Å². The largest absolute Gasteiger partial charge is 0.497 e. The normalized spacial score (nSPS) is 10.8. The molecule has 2 aromatic carbocycles. The third kappa shape index (κ3) is 4.89. The van der Waals surface area contributed by atoms with E-state index in [1.54, 1.807) is 57.5 Å². The fraction of sp³-hybridized carbons (Fsp3) is 0.263. The molecule has 0 bridgehead atoms. The summed E-state index contributed by atoms with van der Waals surface area (Å²) in [6.07, 6.45) is 0. The smallest absolute Gasteiger partial charge is 0.277 e. The zero-order valence-electron chi connectivity index (χ0n) is 15.2. The minimum atomic E-state index is -0.392. The Morgan fingerprint density at radius 2 is 1.65 bits per heavy atom. The molecule has 0 atom stereocenters. The maximum absolute atomic E-state index is 12.0. The molecule has 7 nitrogen and oxygen atoms in total. The molecule has 138 valence electrons. The number of benzene rings is 2. The van der Waals surface area contributed by atoms with Crippen molar-refractivity contribution in [2.45, 2.75) is 6.92 Å². The van der Waals surface area contributed by atoms with E-state index in [1.165, 1.54) is 7.11 Å². The summed E-state index contributed by atoms with van der Waals surface area (Å²) in [5.74, 6) is 1.95. The Balaban J connectivity index is 2.01. The van der Waals surface area contributed by atoms with Crippen LogP contribution in [-0.2, 0) is 4.79 Å². The van der Waals surface area contributed by atoms with E-state index < -0.39 is 5.91 Å². The second kappa shape index (κ2) is 9.31. The molecule has 0 unspecified atom stereocenters. The van der Waals surface area contributed by atoms with Crippen molar-refractivity contribution in [3.63, 3.8) is 0 Å². The molecule has 7 heteroatoms. The van der Waals surface area contributed by atoms with Gasteiger partial charge in [0.15, 0.2) is 18.1 Å². The number of ether oxygens (including phenoxy) is 4. The highest BCUT2D eigenvalue weighted by molar-refractivity contribution is 6.02. The molecule has 0 saturated carbocycles. The molecule has 0 heterocycles. The van der Waals surface area contributed by atoms with Gasteiger partial charge in [-0.3, -0.25) is 4.79 Å². The number of nitrogens with zero attached hydrogens (tertiary/aromatic N) is 1. The fourth-order valence-corrected chi connectivity index (χ4v) is 2.22. The van der Waals surface area contributed by atoms with Crippen LogP contribution in [0, 0.1) is 0 Å². The predicted octanol–water partition coefficient (Wildman–Crippen LogP) is 2.63. The number of hydrogen-bond donors (Lipinski definition) is 1. The number of hydrogen-bond acceptors (Lipinski definition) is 6. The minimum Gasteiger partial charge on any atom is -0.497 e. The summed E-state index contributed by atoms with van der Waals surface area (Å²) >= 11 is 0. The van der Waals surface area contributed by atoms with Crippen molar-refractivity contribution in [2.75, 3.05) is 27.9 Å². The first kappa shape index (κ1) is 19.1. The lowest BCUT2D eigenvalue weighted by molar-refractivity contribution is -0.123. The van der Waals surface area contributed by atoms with Crippen molar-refractivity contribution in [3.05, 3.63) is 48.0 Å². The van der Waals surface area contributed by atoms with E-state index >= 15 is 0 Å². The molecular formula is C19H22N2O5. The number of carbonyl (C=O) groups excluding carboxylic acids is 1. The molecule has 0 radical (unpaired) electrons. The van der Waals surface area contributed by atoms with Crippen molar-refractivity contribution >= 4 is 11.6 Å². The van der Waals surface area contributed by atoms with Crippen LogP contribution in [0.15, 0.2) is 47.6 Å². The van der Waals surface area contributed by atoms with Crippen LogP contribution in [0.5, 0.6) is 23.0 Å². The first-order valence-corrected chi connectivity index (χ1v) is 7.90. The SMILES string of the molecule is COc1ccc(OC)c(/C(C)=N\NC(=O)COc2ccccc2OC)c1. The van der Waals surface area contributed by atoms with Gasteiger partial charge in [0, 0.05) is 5.56 Å². The van der Waals surface area contributed by atoms with E-state index in [-0.39, 0.29) is 6.61 Å². The second-order valence-corrected chi connectivity index (χ2v) is 5.24. The number of methoxy groups -OCH3 is 3. The number of amides is 1. The molecule has 0 aromatic heterocycles. The summed E-state index contributed by atoms with van der Waals surface area (Å²) in [6.45, 7) is 1.57. The average molecular weight is 358 g/mol. The van der Waals surface area contributed by atoms with Crippen LogP contribution in [0.1, 0.15) is 12.5 Å². The molecule has 0 aliphatic carbocycles. The first-order valence-electron chi connectivity index (χ1n) is 7.90.